The first-order valence-electron chi connectivity index (χ1n) is 7.72. The maximum absolute atomic E-state index is 11.7. The van der Waals surface area contributed by atoms with Crippen LogP contribution < -0.4 is 10.2 Å². The highest BCUT2D eigenvalue weighted by Gasteiger charge is 2.14. The zero-order valence-electron chi connectivity index (χ0n) is 13.9. The predicted octanol–water partition coefficient (Wildman–Crippen LogP) is 2.67. The summed E-state index contributed by atoms with van der Waals surface area (Å²) in [6.07, 6.45) is 5.01. The van der Waals surface area contributed by atoms with Crippen LogP contribution in [0.5, 0.6) is 5.88 Å². The largest absolute Gasteiger partial charge is 0.480 e. The maximum atomic E-state index is 11.7. The summed E-state index contributed by atoms with van der Waals surface area (Å²) < 4.78 is 5.05. The number of rotatable bonds is 3. The molecule has 0 aliphatic carbocycles. The third-order valence-corrected chi connectivity index (χ3v) is 3.62. The van der Waals surface area contributed by atoms with E-state index in [1.54, 1.807) is 30.1 Å². The fourth-order valence-corrected chi connectivity index (χ4v) is 2.32. The molecular weight excluding hydrogens is 330 g/mol. The molecule has 26 heavy (non-hydrogen) atoms. The van der Waals surface area contributed by atoms with Crippen LogP contribution in [0.25, 0.3) is 11.1 Å². The molecule has 0 spiro atoms. The molecule has 0 radical (unpaired) electrons. The van der Waals surface area contributed by atoms with Crippen LogP contribution in [0.3, 0.4) is 0 Å². The number of hydrogen-bond acceptors (Lipinski definition) is 5. The van der Waals surface area contributed by atoms with Crippen molar-refractivity contribution in [1.29, 1.82) is 0 Å². The lowest BCUT2D eigenvalue weighted by Crippen LogP contribution is -2.19. The summed E-state index contributed by atoms with van der Waals surface area (Å²) in [6.45, 7) is 0. The van der Waals surface area contributed by atoms with Crippen molar-refractivity contribution in [2.45, 2.75) is 0 Å². The van der Waals surface area contributed by atoms with Crippen LogP contribution in [0.15, 0.2) is 61.1 Å². The Bertz CT molecular complexity index is 975. The second-order valence-corrected chi connectivity index (χ2v) is 5.29. The van der Waals surface area contributed by atoms with E-state index in [4.69, 9.17) is 9.94 Å². The molecule has 2 heterocycles. The molecule has 0 bridgehead atoms. The van der Waals surface area contributed by atoms with Crippen LogP contribution in [-0.4, -0.2) is 28.2 Å². The molecule has 6 nitrogen and oxygen atoms in total. The van der Waals surface area contributed by atoms with Gasteiger partial charge in [-0.05, 0) is 35.9 Å². The number of nitrogens with one attached hydrogen (secondary N) is 1. The van der Waals surface area contributed by atoms with Gasteiger partial charge in [0.1, 0.15) is 5.56 Å². The standard InChI is InChI=1S/C20H15N3O3/c1-26-20-18(19(24)23-25)11-17(13-22-20)16-8-6-14(7-9-16)4-5-15-3-2-10-21-12-15/h2-3,6-13,25H,1H3,(H,23,24). The summed E-state index contributed by atoms with van der Waals surface area (Å²) in [6, 6.07) is 12.9. The Balaban J connectivity index is 1.87. The minimum Gasteiger partial charge on any atom is -0.480 e. The summed E-state index contributed by atoms with van der Waals surface area (Å²) in [5, 5.41) is 8.86. The number of carbonyl (C=O) groups is 1. The van der Waals surface area contributed by atoms with E-state index < -0.39 is 5.91 Å². The lowest BCUT2D eigenvalue weighted by molar-refractivity contribution is 0.0702. The quantitative estimate of drug-likeness (QED) is 0.433. The third kappa shape index (κ3) is 3.86. The molecule has 128 valence electrons. The number of nitrogens with zero attached hydrogens (tertiary/aromatic N) is 2. The van der Waals surface area contributed by atoms with E-state index in [2.05, 4.69) is 21.8 Å². The van der Waals surface area contributed by atoms with Gasteiger partial charge in [0.25, 0.3) is 5.91 Å². The fraction of sp³-hybridized carbons (Fsp3) is 0.0500. The van der Waals surface area contributed by atoms with Crippen LogP contribution in [0, 0.1) is 11.8 Å². The van der Waals surface area contributed by atoms with E-state index in [1.165, 1.54) is 7.11 Å². The summed E-state index contributed by atoms with van der Waals surface area (Å²) in [7, 11) is 1.41. The number of hydrogen-bond donors (Lipinski definition) is 2. The van der Waals surface area contributed by atoms with Crippen LogP contribution in [-0.2, 0) is 0 Å². The van der Waals surface area contributed by atoms with E-state index in [0.717, 1.165) is 22.3 Å². The van der Waals surface area contributed by atoms with Crippen molar-refractivity contribution in [1.82, 2.24) is 15.4 Å². The number of pyridine rings is 2. The Kier molecular flexibility index (Phi) is 5.22. The van der Waals surface area contributed by atoms with Crippen LogP contribution >= 0.6 is 0 Å². The topological polar surface area (TPSA) is 84.3 Å². The van der Waals surface area contributed by atoms with Gasteiger partial charge >= 0.3 is 0 Å². The smallest absolute Gasteiger partial charge is 0.280 e. The average Bonchev–Trinajstić information content (AvgIpc) is 2.72. The van der Waals surface area contributed by atoms with Crippen LogP contribution in [0.4, 0.5) is 0 Å². The van der Waals surface area contributed by atoms with Gasteiger partial charge < -0.3 is 4.74 Å². The number of benzene rings is 1. The summed E-state index contributed by atoms with van der Waals surface area (Å²) >= 11 is 0. The Morgan fingerprint density at radius 2 is 1.85 bits per heavy atom. The molecule has 2 aromatic heterocycles. The average molecular weight is 345 g/mol. The molecule has 0 aliphatic rings. The lowest BCUT2D eigenvalue weighted by Gasteiger charge is -2.08. The van der Waals surface area contributed by atoms with E-state index >= 15 is 0 Å². The molecule has 0 saturated heterocycles. The highest BCUT2D eigenvalue weighted by molar-refractivity contribution is 5.96. The molecule has 0 unspecified atom stereocenters. The van der Waals surface area contributed by atoms with Crippen molar-refractivity contribution in [2.24, 2.45) is 0 Å². The second-order valence-electron chi connectivity index (χ2n) is 5.29. The first-order chi connectivity index (χ1) is 12.7. The minimum absolute atomic E-state index is 0.138. The maximum Gasteiger partial charge on any atom is 0.280 e. The molecule has 0 saturated carbocycles. The van der Waals surface area contributed by atoms with Crippen molar-refractivity contribution in [3.05, 3.63) is 77.7 Å². The Morgan fingerprint density at radius 3 is 2.50 bits per heavy atom. The lowest BCUT2D eigenvalue weighted by atomic mass is 10.0. The molecule has 3 aromatic rings. The monoisotopic (exact) mass is 345 g/mol. The zero-order valence-corrected chi connectivity index (χ0v) is 13.9. The summed E-state index contributed by atoms with van der Waals surface area (Å²) in [5.41, 5.74) is 5.02. The van der Waals surface area contributed by atoms with Gasteiger partial charge in [0.2, 0.25) is 5.88 Å². The molecule has 6 heteroatoms. The second kappa shape index (κ2) is 7.92. The van der Waals surface area contributed by atoms with Gasteiger partial charge in [0.15, 0.2) is 0 Å². The van der Waals surface area contributed by atoms with Gasteiger partial charge in [-0.25, -0.2) is 10.5 Å². The zero-order chi connectivity index (χ0) is 18.4. The van der Waals surface area contributed by atoms with Crippen molar-refractivity contribution in [2.75, 3.05) is 7.11 Å². The molecule has 1 aromatic carbocycles. The Morgan fingerprint density at radius 1 is 1.08 bits per heavy atom. The highest BCUT2D eigenvalue weighted by atomic mass is 16.5. The van der Waals surface area contributed by atoms with Crippen molar-refractivity contribution in [3.8, 4) is 28.8 Å². The van der Waals surface area contributed by atoms with Gasteiger partial charge in [0, 0.05) is 35.3 Å². The Hall–Kier alpha value is -3.69. The van der Waals surface area contributed by atoms with E-state index in [-0.39, 0.29) is 11.4 Å². The number of carbonyl (C=O) groups excluding carboxylic acids is 1. The number of amides is 1. The molecule has 0 atom stereocenters. The van der Waals surface area contributed by atoms with Gasteiger partial charge in [-0.1, -0.05) is 24.0 Å². The summed E-state index contributed by atoms with van der Waals surface area (Å²) in [4.78, 5) is 19.9. The number of aromatic nitrogens is 2. The number of methoxy groups -OCH3 is 1. The van der Waals surface area contributed by atoms with Gasteiger partial charge in [-0.15, -0.1) is 0 Å². The number of hydroxylamine groups is 1. The first kappa shape index (κ1) is 17.1. The van der Waals surface area contributed by atoms with Crippen LogP contribution in [0.1, 0.15) is 21.5 Å². The normalized spacial score (nSPS) is 9.77. The molecule has 0 aliphatic heterocycles. The first-order valence-corrected chi connectivity index (χ1v) is 7.72. The van der Waals surface area contributed by atoms with Crippen molar-refractivity contribution >= 4 is 5.91 Å². The number of ether oxygens (including phenoxy) is 1. The molecule has 1 amide bonds. The van der Waals surface area contributed by atoms with Crippen LogP contribution in [0.2, 0.25) is 0 Å². The van der Waals surface area contributed by atoms with Gasteiger partial charge in [0.05, 0.1) is 7.11 Å². The molecule has 3 rings (SSSR count). The van der Waals surface area contributed by atoms with E-state index in [0.29, 0.717) is 0 Å². The van der Waals surface area contributed by atoms with Gasteiger partial charge in [-0.3, -0.25) is 15.0 Å². The fourth-order valence-electron chi connectivity index (χ4n) is 2.32. The third-order valence-electron chi connectivity index (χ3n) is 3.62. The summed E-state index contributed by atoms with van der Waals surface area (Å²) in [5.74, 6) is 5.57. The van der Waals surface area contributed by atoms with Gasteiger partial charge in [-0.2, -0.15) is 0 Å². The molecular formula is C20H15N3O3. The van der Waals surface area contributed by atoms with E-state index in [1.807, 2.05) is 36.4 Å². The van der Waals surface area contributed by atoms with E-state index in [9.17, 15) is 4.79 Å². The predicted molar refractivity (Wildman–Crippen MR) is 95.7 cm³/mol. The molecule has 0 fully saturated rings. The minimum atomic E-state index is -0.685. The van der Waals surface area contributed by atoms with Crippen molar-refractivity contribution < 1.29 is 14.7 Å². The SMILES string of the molecule is COc1ncc(-c2ccc(C#Cc3cccnc3)cc2)cc1C(=O)NO. The molecule has 2 N–H and O–H groups in total. The highest BCUT2D eigenvalue weighted by Crippen LogP contribution is 2.24. The Labute approximate surface area is 150 Å². The van der Waals surface area contributed by atoms with Crippen molar-refractivity contribution in [3.63, 3.8) is 0 Å².